The lowest BCUT2D eigenvalue weighted by molar-refractivity contribution is 0.202. The molecule has 2 aromatic carbocycles. The number of hydrogen-bond acceptors (Lipinski definition) is 3. The predicted octanol–water partition coefficient (Wildman–Crippen LogP) is 3.27. The monoisotopic (exact) mass is 349 g/mol. The van der Waals surface area contributed by atoms with E-state index in [0.29, 0.717) is 13.1 Å². The van der Waals surface area contributed by atoms with Gasteiger partial charge in [-0.05, 0) is 43.9 Å². The third kappa shape index (κ3) is 5.72. The van der Waals surface area contributed by atoms with Gasteiger partial charge in [0, 0.05) is 25.7 Å². The second-order valence-electron chi connectivity index (χ2n) is 5.95. The second-order valence-corrected chi connectivity index (χ2v) is 5.95. The zero-order valence-corrected chi connectivity index (χ0v) is 14.2. The maximum atomic E-state index is 13.8. The molecule has 25 heavy (non-hydrogen) atoms. The zero-order valence-electron chi connectivity index (χ0n) is 14.2. The van der Waals surface area contributed by atoms with Crippen LogP contribution in [0.3, 0.4) is 0 Å². The summed E-state index contributed by atoms with van der Waals surface area (Å²) in [6.45, 7) is 1.26. The van der Waals surface area contributed by atoms with Crippen LogP contribution >= 0.6 is 0 Å². The van der Waals surface area contributed by atoms with Gasteiger partial charge in [0.15, 0.2) is 0 Å². The van der Waals surface area contributed by atoms with Gasteiger partial charge in [0.1, 0.15) is 17.4 Å². The lowest BCUT2D eigenvalue weighted by atomic mass is 10.2. The summed E-state index contributed by atoms with van der Waals surface area (Å²) in [4.78, 5) is 15.9. The fourth-order valence-electron chi connectivity index (χ4n) is 2.23. The number of phenolic OH excluding ortho intramolecular Hbond substituents is 1. The molecule has 0 unspecified atom stereocenters. The van der Waals surface area contributed by atoms with Crippen LogP contribution in [-0.2, 0) is 6.54 Å². The van der Waals surface area contributed by atoms with Gasteiger partial charge < -0.3 is 20.2 Å². The minimum atomic E-state index is -0.835. The van der Waals surface area contributed by atoms with Crippen molar-refractivity contribution in [3.8, 4) is 5.75 Å². The van der Waals surface area contributed by atoms with Crippen molar-refractivity contribution >= 4 is 11.7 Å². The summed E-state index contributed by atoms with van der Waals surface area (Å²) in [7, 11) is 3.76. The number of carbonyl (C=O) groups excluding carboxylic acids is 1. The highest BCUT2D eigenvalue weighted by atomic mass is 19.1. The number of phenols is 1. The van der Waals surface area contributed by atoms with Gasteiger partial charge in [0.25, 0.3) is 0 Å². The number of likely N-dealkylation sites (N-methyl/N-ethyl adjacent to an activating group) is 1. The zero-order chi connectivity index (χ0) is 18.4. The number of carbonyl (C=O) groups is 1. The minimum absolute atomic E-state index is 0.0860. The van der Waals surface area contributed by atoms with Crippen molar-refractivity contribution in [1.29, 1.82) is 0 Å². The van der Waals surface area contributed by atoms with Crippen LogP contribution in [0, 0.1) is 11.6 Å². The molecule has 0 aliphatic rings. The Hall–Kier alpha value is -2.67. The van der Waals surface area contributed by atoms with Crippen molar-refractivity contribution < 1.29 is 18.7 Å². The molecular weight excluding hydrogens is 328 g/mol. The molecule has 2 rings (SSSR count). The molecule has 0 heterocycles. The van der Waals surface area contributed by atoms with E-state index in [4.69, 9.17) is 0 Å². The standard InChI is InChI=1S/C18H21F2N3O2/c1-22(2)8-9-23(12-13-4-3-5-15(24)10-13)18(25)21-17-7-6-14(19)11-16(17)20/h3-7,10-11,24H,8-9,12H2,1-2H3,(H,21,25). The fraction of sp³-hybridized carbons (Fsp3) is 0.278. The van der Waals surface area contributed by atoms with E-state index in [-0.39, 0.29) is 18.0 Å². The summed E-state index contributed by atoms with van der Waals surface area (Å²) < 4.78 is 26.7. The van der Waals surface area contributed by atoms with Gasteiger partial charge in [-0.15, -0.1) is 0 Å². The number of halogens is 2. The SMILES string of the molecule is CN(C)CCN(Cc1cccc(O)c1)C(=O)Nc1ccc(F)cc1F. The molecule has 0 radical (unpaired) electrons. The molecule has 0 aromatic heterocycles. The first kappa shape index (κ1) is 18.7. The van der Waals surface area contributed by atoms with E-state index < -0.39 is 17.7 Å². The van der Waals surface area contributed by atoms with E-state index in [1.807, 2.05) is 19.0 Å². The van der Waals surface area contributed by atoms with E-state index in [0.717, 1.165) is 17.7 Å². The number of rotatable bonds is 6. The first-order chi connectivity index (χ1) is 11.8. The summed E-state index contributed by atoms with van der Waals surface area (Å²) in [5.41, 5.74) is 0.658. The Labute approximate surface area is 145 Å². The molecule has 0 fully saturated rings. The fourth-order valence-corrected chi connectivity index (χ4v) is 2.23. The van der Waals surface area contributed by atoms with Crippen molar-refractivity contribution in [2.75, 3.05) is 32.5 Å². The van der Waals surface area contributed by atoms with E-state index in [1.165, 1.54) is 11.0 Å². The number of urea groups is 1. The third-order valence-electron chi connectivity index (χ3n) is 3.56. The number of anilines is 1. The Morgan fingerprint density at radius 2 is 1.88 bits per heavy atom. The summed E-state index contributed by atoms with van der Waals surface area (Å²) in [6, 6.07) is 9.06. The van der Waals surface area contributed by atoms with Crippen LogP contribution < -0.4 is 5.32 Å². The maximum absolute atomic E-state index is 13.8. The second kappa shape index (κ2) is 8.43. The van der Waals surface area contributed by atoms with Crippen LogP contribution in [0.15, 0.2) is 42.5 Å². The van der Waals surface area contributed by atoms with Crippen molar-refractivity contribution in [3.63, 3.8) is 0 Å². The summed E-state index contributed by atoms with van der Waals surface area (Å²) in [5, 5.41) is 12.0. The molecule has 0 atom stereocenters. The van der Waals surface area contributed by atoms with E-state index in [1.54, 1.807) is 24.3 Å². The van der Waals surface area contributed by atoms with Gasteiger partial charge in [-0.3, -0.25) is 0 Å². The van der Waals surface area contributed by atoms with Crippen LogP contribution in [0.2, 0.25) is 0 Å². The van der Waals surface area contributed by atoms with Gasteiger partial charge in [0.05, 0.1) is 5.69 Å². The molecule has 0 aliphatic heterocycles. The number of aromatic hydroxyl groups is 1. The van der Waals surface area contributed by atoms with Crippen LogP contribution in [0.5, 0.6) is 5.75 Å². The van der Waals surface area contributed by atoms with Crippen LogP contribution in [-0.4, -0.2) is 48.1 Å². The molecule has 0 bridgehead atoms. The van der Waals surface area contributed by atoms with Gasteiger partial charge >= 0.3 is 6.03 Å². The predicted molar refractivity (Wildman–Crippen MR) is 92.4 cm³/mol. The number of amides is 2. The van der Waals surface area contributed by atoms with E-state index >= 15 is 0 Å². The highest BCUT2D eigenvalue weighted by Crippen LogP contribution is 2.17. The number of hydrogen-bond donors (Lipinski definition) is 2. The van der Waals surface area contributed by atoms with Gasteiger partial charge in [-0.1, -0.05) is 12.1 Å². The molecule has 2 N–H and O–H groups in total. The smallest absolute Gasteiger partial charge is 0.322 e. The topological polar surface area (TPSA) is 55.8 Å². The Bertz CT molecular complexity index is 738. The van der Waals surface area contributed by atoms with Crippen molar-refractivity contribution in [2.45, 2.75) is 6.54 Å². The third-order valence-corrected chi connectivity index (χ3v) is 3.56. The summed E-state index contributed by atoms with van der Waals surface area (Å²) in [6.07, 6.45) is 0. The summed E-state index contributed by atoms with van der Waals surface area (Å²) >= 11 is 0. The maximum Gasteiger partial charge on any atom is 0.322 e. The van der Waals surface area contributed by atoms with Crippen molar-refractivity contribution in [2.24, 2.45) is 0 Å². The molecule has 0 aliphatic carbocycles. The highest BCUT2D eigenvalue weighted by molar-refractivity contribution is 5.89. The van der Waals surface area contributed by atoms with Gasteiger partial charge in [-0.2, -0.15) is 0 Å². The molecule has 134 valence electrons. The van der Waals surface area contributed by atoms with Crippen LogP contribution in [0.1, 0.15) is 5.56 Å². The average molecular weight is 349 g/mol. The average Bonchev–Trinajstić information content (AvgIpc) is 2.54. The Kier molecular flexibility index (Phi) is 6.30. The molecule has 0 saturated heterocycles. The van der Waals surface area contributed by atoms with Gasteiger partial charge in [-0.25, -0.2) is 13.6 Å². The van der Waals surface area contributed by atoms with E-state index in [9.17, 15) is 18.7 Å². The largest absolute Gasteiger partial charge is 0.508 e. The number of nitrogens with one attached hydrogen (secondary N) is 1. The minimum Gasteiger partial charge on any atom is -0.508 e. The molecular formula is C18H21F2N3O2. The number of nitrogens with zero attached hydrogens (tertiary/aromatic N) is 2. The normalized spacial score (nSPS) is 10.8. The molecule has 0 saturated carbocycles. The van der Waals surface area contributed by atoms with Crippen molar-refractivity contribution in [1.82, 2.24) is 9.80 Å². The lowest BCUT2D eigenvalue weighted by Crippen LogP contribution is -2.39. The van der Waals surface area contributed by atoms with Crippen molar-refractivity contribution in [3.05, 3.63) is 59.7 Å². The molecule has 2 aromatic rings. The Morgan fingerprint density at radius 3 is 2.52 bits per heavy atom. The molecule has 0 spiro atoms. The molecule has 5 nitrogen and oxygen atoms in total. The highest BCUT2D eigenvalue weighted by Gasteiger charge is 2.16. The Morgan fingerprint density at radius 1 is 1.12 bits per heavy atom. The van der Waals surface area contributed by atoms with E-state index in [2.05, 4.69) is 5.32 Å². The first-order valence-electron chi connectivity index (χ1n) is 7.79. The quantitative estimate of drug-likeness (QED) is 0.842. The first-order valence-corrected chi connectivity index (χ1v) is 7.79. The van der Waals surface area contributed by atoms with Crippen LogP contribution in [0.25, 0.3) is 0 Å². The Balaban J connectivity index is 2.14. The van der Waals surface area contributed by atoms with Gasteiger partial charge in [0.2, 0.25) is 0 Å². The van der Waals surface area contributed by atoms with Crippen LogP contribution in [0.4, 0.5) is 19.3 Å². The molecule has 7 heteroatoms. The lowest BCUT2D eigenvalue weighted by Gasteiger charge is -2.25. The summed E-state index contributed by atoms with van der Waals surface area (Å²) in [5.74, 6) is -1.44. The number of benzene rings is 2. The molecule has 2 amide bonds.